The fourth-order valence-corrected chi connectivity index (χ4v) is 3.35. The second-order valence-corrected chi connectivity index (χ2v) is 6.01. The van der Waals surface area contributed by atoms with Crippen LogP contribution in [-0.2, 0) is 19.9 Å². The highest BCUT2D eigenvalue weighted by atomic mass is 35.5. The van der Waals surface area contributed by atoms with Crippen LogP contribution in [0.15, 0.2) is 0 Å². The molecule has 0 saturated heterocycles. The molecule has 0 fully saturated rings. The molecule has 1 N–H and O–H groups in total. The van der Waals surface area contributed by atoms with Crippen molar-refractivity contribution < 1.29 is 0 Å². The maximum Gasteiger partial charge on any atom is 0.0850 e. The fraction of sp³-hybridized carbons (Fsp3) is 0.769. The summed E-state index contributed by atoms with van der Waals surface area (Å²) < 4.78 is 1.93. The topological polar surface area (TPSA) is 29.9 Å². The predicted octanol–water partition coefficient (Wildman–Crippen LogP) is 2.77. The summed E-state index contributed by atoms with van der Waals surface area (Å²) in [6.07, 6.45) is 3.97. The minimum Gasteiger partial charge on any atom is -0.316 e. The molecule has 104 valence electrons. The quantitative estimate of drug-likeness (QED) is 0.837. The molecule has 0 aliphatic heterocycles. The summed E-state index contributed by atoms with van der Waals surface area (Å²) in [5.74, 6) is 1.77. The first kappa shape index (κ1) is 15.9. The normalized spacial score (nSPS) is 14.8. The van der Waals surface area contributed by atoms with E-state index in [9.17, 15) is 0 Å². The number of aryl methyl sites for hydroxylation is 2. The first-order valence-electron chi connectivity index (χ1n) is 6.41. The van der Waals surface area contributed by atoms with E-state index in [1.54, 1.807) is 0 Å². The van der Waals surface area contributed by atoms with Crippen molar-refractivity contribution in [2.45, 2.75) is 32.7 Å². The van der Waals surface area contributed by atoms with Crippen molar-refractivity contribution in [3.05, 3.63) is 16.4 Å². The molecule has 0 saturated carbocycles. The maximum atomic E-state index is 6.40. The smallest absolute Gasteiger partial charge is 0.0850 e. The van der Waals surface area contributed by atoms with Gasteiger partial charge in [0.2, 0.25) is 0 Å². The molecule has 0 bridgehead atoms. The van der Waals surface area contributed by atoms with E-state index >= 15 is 0 Å². The highest BCUT2D eigenvalue weighted by molar-refractivity contribution is 7.98. The molecule has 0 amide bonds. The second kappa shape index (κ2) is 7.41. The van der Waals surface area contributed by atoms with Crippen LogP contribution >= 0.6 is 23.4 Å². The van der Waals surface area contributed by atoms with E-state index < -0.39 is 0 Å². The molecular formula is C13H24ClN3S. The van der Waals surface area contributed by atoms with Gasteiger partial charge in [0.05, 0.1) is 16.4 Å². The lowest BCUT2D eigenvalue weighted by Crippen LogP contribution is -2.36. The zero-order valence-electron chi connectivity index (χ0n) is 12.0. The SMILES string of the molecule is CCc1nn(C)c(CC(NC)C(C)CSC)c1Cl. The monoisotopic (exact) mass is 289 g/mol. The zero-order chi connectivity index (χ0) is 13.7. The first-order chi connectivity index (χ1) is 8.54. The van der Waals surface area contributed by atoms with Gasteiger partial charge in [-0.05, 0) is 31.4 Å². The highest BCUT2D eigenvalue weighted by Crippen LogP contribution is 2.24. The van der Waals surface area contributed by atoms with Crippen LogP contribution in [0.3, 0.4) is 0 Å². The Bertz CT molecular complexity index is 379. The van der Waals surface area contributed by atoms with Crippen LogP contribution in [0.4, 0.5) is 0 Å². The van der Waals surface area contributed by atoms with Gasteiger partial charge >= 0.3 is 0 Å². The van der Waals surface area contributed by atoms with E-state index in [0.29, 0.717) is 12.0 Å². The fourth-order valence-electron chi connectivity index (χ4n) is 2.22. The van der Waals surface area contributed by atoms with Crippen LogP contribution in [0.25, 0.3) is 0 Å². The van der Waals surface area contributed by atoms with Crippen LogP contribution in [0.2, 0.25) is 5.02 Å². The van der Waals surface area contributed by atoms with Crippen molar-refractivity contribution in [1.82, 2.24) is 15.1 Å². The van der Waals surface area contributed by atoms with Crippen LogP contribution < -0.4 is 5.32 Å². The summed E-state index contributed by atoms with van der Waals surface area (Å²) >= 11 is 8.28. The molecule has 5 heteroatoms. The molecule has 0 radical (unpaired) electrons. The van der Waals surface area contributed by atoms with Crippen molar-refractivity contribution in [2.75, 3.05) is 19.1 Å². The lowest BCUT2D eigenvalue weighted by molar-refractivity contribution is 0.421. The molecule has 1 aromatic heterocycles. The van der Waals surface area contributed by atoms with Gasteiger partial charge in [-0.15, -0.1) is 0 Å². The Balaban J connectivity index is 2.84. The van der Waals surface area contributed by atoms with Gasteiger partial charge in [-0.3, -0.25) is 4.68 Å². The van der Waals surface area contributed by atoms with Gasteiger partial charge < -0.3 is 5.32 Å². The van der Waals surface area contributed by atoms with Gasteiger partial charge in [-0.2, -0.15) is 16.9 Å². The third-order valence-electron chi connectivity index (χ3n) is 3.40. The molecule has 0 aliphatic carbocycles. The predicted molar refractivity (Wildman–Crippen MR) is 81.7 cm³/mol. The van der Waals surface area contributed by atoms with Crippen molar-refractivity contribution >= 4 is 23.4 Å². The Labute approximate surface area is 120 Å². The molecular weight excluding hydrogens is 266 g/mol. The number of aromatic nitrogens is 2. The van der Waals surface area contributed by atoms with Crippen molar-refractivity contribution in [3.8, 4) is 0 Å². The molecule has 1 rings (SSSR count). The standard InChI is InChI=1S/C13H24ClN3S/c1-6-10-13(14)12(17(4)16-10)7-11(15-3)9(2)8-18-5/h9,11,15H,6-8H2,1-5H3. The first-order valence-corrected chi connectivity index (χ1v) is 8.18. The average Bonchev–Trinajstić information content (AvgIpc) is 2.62. The number of halogens is 1. The molecule has 18 heavy (non-hydrogen) atoms. The summed E-state index contributed by atoms with van der Waals surface area (Å²) in [6.45, 7) is 4.37. The molecule has 3 nitrogen and oxygen atoms in total. The van der Waals surface area contributed by atoms with Crippen molar-refractivity contribution in [2.24, 2.45) is 13.0 Å². The molecule has 2 unspecified atom stereocenters. The maximum absolute atomic E-state index is 6.40. The summed E-state index contributed by atoms with van der Waals surface area (Å²) in [6, 6.07) is 0.440. The largest absolute Gasteiger partial charge is 0.316 e. The van der Waals surface area contributed by atoms with Gasteiger partial charge in [0.25, 0.3) is 0 Å². The number of thioether (sulfide) groups is 1. The molecule has 0 aromatic carbocycles. The minimum absolute atomic E-state index is 0.440. The summed E-state index contributed by atoms with van der Waals surface area (Å²) in [4.78, 5) is 0. The van der Waals surface area contributed by atoms with E-state index in [0.717, 1.165) is 35.0 Å². The van der Waals surface area contributed by atoms with E-state index in [1.165, 1.54) is 0 Å². The number of nitrogens with one attached hydrogen (secondary N) is 1. The number of rotatable bonds is 7. The average molecular weight is 290 g/mol. The van der Waals surface area contributed by atoms with Crippen LogP contribution in [0, 0.1) is 5.92 Å². The van der Waals surface area contributed by atoms with Gasteiger partial charge in [0, 0.05) is 19.5 Å². The lowest BCUT2D eigenvalue weighted by Gasteiger charge is -2.23. The van der Waals surface area contributed by atoms with Crippen LogP contribution in [0.5, 0.6) is 0 Å². The van der Waals surface area contributed by atoms with E-state index in [1.807, 2.05) is 30.5 Å². The summed E-state index contributed by atoms with van der Waals surface area (Å²) in [5.41, 5.74) is 2.14. The van der Waals surface area contributed by atoms with Crippen LogP contribution in [-0.4, -0.2) is 34.9 Å². The minimum atomic E-state index is 0.440. The Morgan fingerprint density at radius 1 is 1.50 bits per heavy atom. The molecule has 1 heterocycles. The molecule has 1 aromatic rings. The third-order valence-corrected chi connectivity index (χ3v) is 4.70. The van der Waals surface area contributed by atoms with Gasteiger partial charge in [0.1, 0.15) is 0 Å². The molecule has 2 atom stereocenters. The lowest BCUT2D eigenvalue weighted by atomic mass is 9.99. The third kappa shape index (κ3) is 3.65. The van der Waals surface area contributed by atoms with E-state index in [-0.39, 0.29) is 0 Å². The Morgan fingerprint density at radius 2 is 2.17 bits per heavy atom. The Kier molecular flexibility index (Phi) is 6.53. The number of hydrogen-bond acceptors (Lipinski definition) is 3. The van der Waals surface area contributed by atoms with E-state index in [2.05, 4.69) is 30.5 Å². The van der Waals surface area contributed by atoms with Gasteiger partial charge in [-0.1, -0.05) is 25.4 Å². The highest BCUT2D eigenvalue weighted by Gasteiger charge is 2.20. The van der Waals surface area contributed by atoms with Crippen molar-refractivity contribution in [3.63, 3.8) is 0 Å². The summed E-state index contributed by atoms with van der Waals surface area (Å²) in [7, 11) is 4.00. The van der Waals surface area contributed by atoms with Crippen LogP contribution in [0.1, 0.15) is 25.2 Å². The van der Waals surface area contributed by atoms with Crippen molar-refractivity contribution in [1.29, 1.82) is 0 Å². The van der Waals surface area contributed by atoms with Gasteiger partial charge in [0.15, 0.2) is 0 Å². The Hall–Kier alpha value is -0.190. The molecule has 0 aliphatic rings. The molecule has 0 spiro atoms. The number of hydrogen-bond donors (Lipinski definition) is 1. The summed E-state index contributed by atoms with van der Waals surface area (Å²) in [5, 5.41) is 8.72. The van der Waals surface area contributed by atoms with Gasteiger partial charge in [-0.25, -0.2) is 0 Å². The number of likely N-dealkylation sites (N-methyl/N-ethyl adjacent to an activating group) is 1. The zero-order valence-corrected chi connectivity index (χ0v) is 13.5. The number of nitrogens with zero attached hydrogens (tertiary/aromatic N) is 2. The Morgan fingerprint density at radius 3 is 2.61 bits per heavy atom. The van der Waals surface area contributed by atoms with E-state index in [4.69, 9.17) is 11.6 Å². The second-order valence-electron chi connectivity index (χ2n) is 4.72.